The first kappa shape index (κ1) is 33.1. The van der Waals surface area contributed by atoms with E-state index >= 15 is 0 Å². The average Bonchev–Trinajstić information content (AvgIpc) is 2.85. The molecule has 36 heavy (non-hydrogen) atoms. The third-order valence-electron chi connectivity index (χ3n) is 7.73. The SMILES string of the molecule is CCCCCCCCC(CCCCCCCC)(CCCCCCCC)[NH2+]c1ccccc1S(=O)(=O)[O-]. The first-order chi connectivity index (χ1) is 17.4. The van der Waals surface area contributed by atoms with E-state index in [1.54, 1.807) is 6.07 Å². The zero-order chi connectivity index (χ0) is 26.5. The molecule has 0 heterocycles. The van der Waals surface area contributed by atoms with Crippen LogP contribution in [0.2, 0.25) is 0 Å². The fourth-order valence-electron chi connectivity index (χ4n) is 5.52. The zero-order valence-electron chi connectivity index (χ0n) is 23.9. The molecule has 0 aromatic heterocycles. The smallest absolute Gasteiger partial charge is 0.147 e. The standard InChI is InChI=1S/C31H57NO3S/c1-4-7-10-13-16-21-26-31(27-22-17-14-11-8-5-2,28-23-18-15-12-9-6-3)32-29-24-19-20-25-30(29)36(33,34)35/h19-20,24-25,32H,4-18,21-23,26-28H2,1-3H3,(H,33,34,35). The summed E-state index contributed by atoms with van der Waals surface area (Å²) < 4.78 is 36.1. The van der Waals surface area contributed by atoms with Gasteiger partial charge >= 0.3 is 0 Å². The Bertz CT molecular complexity index is 722. The summed E-state index contributed by atoms with van der Waals surface area (Å²) in [6.45, 7) is 6.76. The summed E-state index contributed by atoms with van der Waals surface area (Å²) in [6.07, 6.45) is 26.0. The highest BCUT2D eigenvalue weighted by molar-refractivity contribution is 7.85. The van der Waals surface area contributed by atoms with E-state index in [-0.39, 0.29) is 10.4 Å². The first-order valence-electron chi connectivity index (χ1n) is 15.3. The minimum Gasteiger partial charge on any atom is -0.744 e. The van der Waals surface area contributed by atoms with Crippen LogP contribution in [0.25, 0.3) is 0 Å². The molecule has 0 spiro atoms. The molecule has 1 aromatic rings. The van der Waals surface area contributed by atoms with Crippen molar-refractivity contribution in [3.8, 4) is 0 Å². The largest absolute Gasteiger partial charge is 0.744 e. The lowest BCUT2D eigenvalue weighted by Crippen LogP contribution is -2.92. The van der Waals surface area contributed by atoms with Crippen molar-refractivity contribution < 1.29 is 18.3 Å². The Labute approximate surface area is 224 Å². The van der Waals surface area contributed by atoms with Crippen LogP contribution < -0.4 is 5.32 Å². The molecule has 0 amide bonds. The Balaban J connectivity index is 3.02. The predicted molar refractivity (Wildman–Crippen MR) is 153 cm³/mol. The Morgan fingerprint density at radius 3 is 1.36 bits per heavy atom. The number of rotatable bonds is 24. The number of hydrogen-bond acceptors (Lipinski definition) is 3. The molecule has 1 rings (SSSR count). The van der Waals surface area contributed by atoms with Crippen LogP contribution in [0, 0.1) is 0 Å². The van der Waals surface area contributed by atoms with Gasteiger partial charge < -0.3 is 9.87 Å². The number of quaternary nitrogens is 1. The van der Waals surface area contributed by atoms with Crippen LogP contribution in [-0.2, 0) is 10.1 Å². The minimum atomic E-state index is -4.49. The van der Waals surface area contributed by atoms with Crippen LogP contribution in [-0.4, -0.2) is 18.5 Å². The van der Waals surface area contributed by atoms with Crippen LogP contribution in [0.15, 0.2) is 29.2 Å². The Morgan fingerprint density at radius 1 is 0.611 bits per heavy atom. The number of para-hydroxylation sites is 1. The molecule has 5 heteroatoms. The van der Waals surface area contributed by atoms with Crippen molar-refractivity contribution in [3.05, 3.63) is 24.3 Å². The molecule has 0 aliphatic heterocycles. The lowest BCUT2D eigenvalue weighted by atomic mass is 9.81. The normalized spacial score (nSPS) is 12.3. The second-order valence-electron chi connectivity index (χ2n) is 11.1. The zero-order valence-corrected chi connectivity index (χ0v) is 24.7. The second-order valence-corrected chi connectivity index (χ2v) is 12.4. The van der Waals surface area contributed by atoms with E-state index in [4.69, 9.17) is 0 Å². The molecule has 1 aromatic carbocycles. The lowest BCUT2D eigenvalue weighted by molar-refractivity contribution is -0.660. The summed E-state index contributed by atoms with van der Waals surface area (Å²) in [5.41, 5.74) is 0.594. The van der Waals surface area contributed by atoms with Gasteiger partial charge in [0.1, 0.15) is 26.2 Å². The molecule has 210 valence electrons. The summed E-state index contributed by atoms with van der Waals surface area (Å²) in [5, 5.41) is 2.21. The predicted octanol–water partition coefficient (Wildman–Crippen LogP) is 8.78. The number of benzene rings is 1. The summed E-state index contributed by atoms with van der Waals surface area (Å²) >= 11 is 0. The average molecular weight is 524 g/mol. The lowest BCUT2D eigenvalue weighted by Gasteiger charge is -2.33. The third kappa shape index (κ3) is 14.7. The highest BCUT2D eigenvalue weighted by atomic mass is 32.2. The van der Waals surface area contributed by atoms with Gasteiger partial charge in [-0.15, -0.1) is 0 Å². The Kier molecular flexibility index (Phi) is 18.5. The van der Waals surface area contributed by atoms with E-state index in [1.165, 1.54) is 122 Å². The molecule has 0 saturated carbocycles. The van der Waals surface area contributed by atoms with Crippen LogP contribution in [0.4, 0.5) is 5.69 Å². The molecule has 0 fully saturated rings. The van der Waals surface area contributed by atoms with Crippen LogP contribution in [0.3, 0.4) is 0 Å². The quantitative estimate of drug-likeness (QED) is 0.0835. The van der Waals surface area contributed by atoms with Gasteiger partial charge in [0.2, 0.25) is 0 Å². The Hall–Kier alpha value is -0.910. The molecule has 0 unspecified atom stereocenters. The van der Waals surface area contributed by atoms with E-state index in [0.29, 0.717) is 5.69 Å². The summed E-state index contributed by atoms with van der Waals surface area (Å²) in [7, 11) is -4.49. The fourth-order valence-corrected chi connectivity index (χ4v) is 6.18. The van der Waals surface area contributed by atoms with Gasteiger partial charge in [-0.1, -0.05) is 129 Å². The molecule has 2 N–H and O–H groups in total. The van der Waals surface area contributed by atoms with E-state index in [9.17, 15) is 13.0 Å². The molecule has 0 aliphatic carbocycles. The maximum absolute atomic E-state index is 12.0. The first-order valence-corrected chi connectivity index (χ1v) is 16.7. The van der Waals surface area contributed by atoms with Crippen molar-refractivity contribution in [2.75, 3.05) is 0 Å². The number of hydrogen-bond donors (Lipinski definition) is 1. The van der Waals surface area contributed by atoms with Gasteiger partial charge in [-0.2, -0.15) is 0 Å². The van der Waals surface area contributed by atoms with E-state index in [0.717, 1.165) is 19.3 Å². The molecule has 0 radical (unpaired) electrons. The maximum Gasteiger partial charge on any atom is 0.147 e. The molecule has 4 nitrogen and oxygen atoms in total. The fraction of sp³-hybridized carbons (Fsp3) is 0.806. The van der Waals surface area contributed by atoms with Gasteiger partial charge in [0.15, 0.2) is 0 Å². The van der Waals surface area contributed by atoms with Crippen LogP contribution in [0.5, 0.6) is 0 Å². The van der Waals surface area contributed by atoms with Crippen molar-refractivity contribution in [3.63, 3.8) is 0 Å². The van der Waals surface area contributed by atoms with Crippen LogP contribution in [0.1, 0.15) is 156 Å². The van der Waals surface area contributed by atoms with Gasteiger partial charge in [-0.05, 0) is 25.3 Å². The molecule has 0 saturated heterocycles. The van der Waals surface area contributed by atoms with E-state index in [1.807, 2.05) is 12.1 Å². The Morgan fingerprint density at radius 2 is 0.972 bits per heavy atom. The second kappa shape index (κ2) is 20.1. The summed E-state index contributed by atoms with van der Waals surface area (Å²) in [6, 6.07) is 6.85. The van der Waals surface area contributed by atoms with Crippen molar-refractivity contribution in [1.82, 2.24) is 0 Å². The molecular formula is C31H57NO3S. The molecule has 0 aliphatic rings. The third-order valence-corrected chi connectivity index (χ3v) is 8.65. The number of unbranched alkanes of at least 4 members (excludes halogenated alkanes) is 15. The van der Waals surface area contributed by atoms with Gasteiger partial charge in [0, 0.05) is 25.3 Å². The molecular weight excluding hydrogens is 466 g/mol. The number of nitrogens with two attached hydrogens (primary N) is 1. The highest BCUT2D eigenvalue weighted by Crippen LogP contribution is 2.28. The monoisotopic (exact) mass is 523 g/mol. The maximum atomic E-state index is 12.0. The minimum absolute atomic E-state index is 0.0267. The van der Waals surface area contributed by atoms with Gasteiger partial charge in [-0.25, -0.2) is 8.42 Å². The van der Waals surface area contributed by atoms with Gasteiger partial charge in [-0.3, -0.25) is 0 Å². The van der Waals surface area contributed by atoms with E-state index < -0.39 is 10.1 Å². The van der Waals surface area contributed by atoms with Crippen molar-refractivity contribution >= 4 is 15.8 Å². The van der Waals surface area contributed by atoms with Gasteiger partial charge in [0.05, 0.1) is 0 Å². The molecule has 0 atom stereocenters. The van der Waals surface area contributed by atoms with Crippen molar-refractivity contribution in [2.45, 2.75) is 166 Å². The molecule has 0 bridgehead atoms. The topological polar surface area (TPSA) is 73.8 Å². The summed E-state index contributed by atoms with van der Waals surface area (Å²) in [4.78, 5) is -0.0526. The highest BCUT2D eigenvalue weighted by Gasteiger charge is 2.34. The van der Waals surface area contributed by atoms with E-state index in [2.05, 4.69) is 26.1 Å². The van der Waals surface area contributed by atoms with Crippen molar-refractivity contribution in [2.24, 2.45) is 0 Å². The van der Waals surface area contributed by atoms with Gasteiger partial charge in [0.25, 0.3) is 0 Å². The van der Waals surface area contributed by atoms with Crippen LogP contribution >= 0.6 is 0 Å². The van der Waals surface area contributed by atoms with Crippen molar-refractivity contribution in [1.29, 1.82) is 0 Å². The summed E-state index contributed by atoms with van der Waals surface area (Å²) in [5.74, 6) is 0.